The van der Waals surface area contributed by atoms with Gasteiger partial charge in [-0.3, -0.25) is 0 Å². The highest BCUT2D eigenvalue weighted by Crippen LogP contribution is 2.16. The lowest BCUT2D eigenvalue weighted by Crippen LogP contribution is -2.38. The van der Waals surface area contributed by atoms with E-state index in [9.17, 15) is 0 Å². The van der Waals surface area contributed by atoms with Gasteiger partial charge in [-0.2, -0.15) is 0 Å². The third kappa shape index (κ3) is 2.19. The minimum atomic E-state index is 0.501. The summed E-state index contributed by atoms with van der Waals surface area (Å²) in [6.07, 6.45) is 3.41. The molecular formula is C9H17NO2. The number of methoxy groups -OCH3 is 1. The Morgan fingerprint density at radius 2 is 2.08 bits per heavy atom. The number of rotatable bonds is 3. The van der Waals surface area contributed by atoms with Crippen LogP contribution in [-0.4, -0.2) is 50.5 Å². The van der Waals surface area contributed by atoms with E-state index in [1.165, 1.54) is 25.9 Å². The number of likely N-dealkylation sites (tertiary alicyclic amines) is 1. The Morgan fingerprint density at radius 3 is 2.58 bits per heavy atom. The molecule has 2 saturated heterocycles. The fourth-order valence-corrected chi connectivity index (χ4v) is 1.79. The summed E-state index contributed by atoms with van der Waals surface area (Å²) in [7, 11) is 1.81. The van der Waals surface area contributed by atoms with Gasteiger partial charge in [-0.25, -0.2) is 0 Å². The van der Waals surface area contributed by atoms with Gasteiger partial charge in [-0.05, 0) is 12.8 Å². The number of hydrogen-bond donors (Lipinski definition) is 0. The molecule has 0 saturated carbocycles. The Labute approximate surface area is 73.6 Å². The van der Waals surface area contributed by atoms with E-state index in [-0.39, 0.29) is 0 Å². The Balaban J connectivity index is 1.66. The molecule has 0 aliphatic carbocycles. The minimum absolute atomic E-state index is 0.501. The van der Waals surface area contributed by atoms with E-state index in [1.807, 2.05) is 7.11 Å². The molecule has 2 heterocycles. The molecule has 0 radical (unpaired) electrons. The van der Waals surface area contributed by atoms with Gasteiger partial charge in [-0.1, -0.05) is 0 Å². The third-order valence-corrected chi connectivity index (χ3v) is 2.73. The number of ether oxygens (including phenoxy) is 2. The Hall–Kier alpha value is -0.120. The van der Waals surface area contributed by atoms with Crippen LogP contribution in [0.3, 0.4) is 0 Å². The van der Waals surface area contributed by atoms with Crippen LogP contribution in [0.5, 0.6) is 0 Å². The van der Waals surface area contributed by atoms with Crippen molar-refractivity contribution in [2.45, 2.75) is 25.0 Å². The van der Waals surface area contributed by atoms with Gasteiger partial charge in [0.05, 0.1) is 18.8 Å². The molecule has 0 aromatic rings. The van der Waals surface area contributed by atoms with E-state index in [0.29, 0.717) is 12.2 Å². The minimum Gasteiger partial charge on any atom is -0.381 e. The zero-order valence-corrected chi connectivity index (χ0v) is 7.66. The fourth-order valence-electron chi connectivity index (χ4n) is 1.79. The maximum Gasteiger partial charge on any atom is 0.0936 e. The van der Waals surface area contributed by atoms with Crippen molar-refractivity contribution in [3.05, 3.63) is 0 Å². The SMILES string of the molecule is COC1CCN(C[C@@H]2CO2)CC1. The topological polar surface area (TPSA) is 25.0 Å². The smallest absolute Gasteiger partial charge is 0.0936 e. The van der Waals surface area contributed by atoms with Crippen LogP contribution in [0.15, 0.2) is 0 Å². The molecule has 2 aliphatic heterocycles. The van der Waals surface area contributed by atoms with Crippen molar-refractivity contribution in [3.63, 3.8) is 0 Å². The van der Waals surface area contributed by atoms with Crippen molar-refractivity contribution in [2.75, 3.05) is 33.4 Å². The van der Waals surface area contributed by atoms with E-state index in [2.05, 4.69) is 4.90 Å². The van der Waals surface area contributed by atoms with Crippen LogP contribution in [0, 0.1) is 0 Å². The summed E-state index contributed by atoms with van der Waals surface area (Å²) >= 11 is 0. The third-order valence-electron chi connectivity index (χ3n) is 2.73. The van der Waals surface area contributed by atoms with Crippen LogP contribution in [0.1, 0.15) is 12.8 Å². The highest BCUT2D eigenvalue weighted by molar-refractivity contribution is 4.78. The maximum absolute atomic E-state index is 5.30. The van der Waals surface area contributed by atoms with Crippen LogP contribution in [-0.2, 0) is 9.47 Å². The van der Waals surface area contributed by atoms with Gasteiger partial charge in [-0.15, -0.1) is 0 Å². The second kappa shape index (κ2) is 3.73. The van der Waals surface area contributed by atoms with Crippen molar-refractivity contribution in [3.8, 4) is 0 Å². The molecule has 0 spiro atoms. The molecule has 2 rings (SSSR count). The molecule has 3 heteroatoms. The largest absolute Gasteiger partial charge is 0.381 e. The molecule has 12 heavy (non-hydrogen) atoms. The Kier molecular flexibility index (Phi) is 2.63. The molecule has 0 aromatic carbocycles. The normalized spacial score (nSPS) is 32.2. The molecule has 0 aromatic heterocycles. The van der Waals surface area contributed by atoms with Crippen molar-refractivity contribution in [1.29, 1.82) is 0 Å². The predicted molar refractivity (Wildman–Crippen MR) is 46.2 cm³/mol. The van der Waals surface area contributed by atoms with Crippen molar-refractivity contribution in [1.82, 2.24) is 4.90 Å². The van der Waals surface area contributed by atoms with Crippen LogP contribution in [0.25, 0.3) is 0 Å². The summed E-state index contributed by atoms with van der Waals surface area (Å²) in [5, 5.41) is 0. The summed E-state index contributed by atoms with van der Waals surface area (Å²) < 4.78 is 10.5. The number of epoxide rings is 1. The molecule has 0 N–H and O–H groups in total. The van der Waals surface area contributed by atoms with Crippen LogP contribution in [0.4, 0.5) is 0 Å². The molecule has 3 nitrogen and oxygen atoms in total. The van der Waals surface area contributed by atoms with Crippen molar-refractivity contribution < 1.29 is 9.47 Å². The lowest BCUT2D eigenvalue weighted by molar-refractivity contribution is 0.0393. The van der Waals surface area contributed by atoms with E-state index in [0.717, 1.165) is 13.2 Å². The first-order valence-corrected chi connectivity index (χ1v) is 4.75. The van der Waals surface area contributed by atoms with Crippen LogP contribution < -0.4 is 0 Å². The quantitative estimate of drug-likeness (QED) is 0.578. The van der Waals surface area contributed by atoms with E-state index < -0.39 is 0 Å². The molecule has 0 bridgehead atoms. The molecule has 0 amide bonds. The van der Waals surface area contributed by atoms with E-state index in [1.54, 1.807) is 0 Å². The Morgan fingerprint density at radius 1 is 1.42 bits per heavy atom. The van der Waals surface area contributed by atoms with Gasteiger partial charge in [0.15, 0.2) is 0 Å². The van der Waals surface area contributed by atoms with Gasteiger partial charge in [0.25, 0.3) is 0 Å². The fraction of sp³-hybridized carbons (Fsp3) is 1.00. The molecular weight excluding hydrogens is 154 g/mol. The van der Waals surface area contributed by atoms with E-state index in [4.69, 9.17) is 9.47 Å². The van der Waals surface area contributed by atoms with Crippen molar-refractivity contribution in [2.24, 2.45) is 0 Å². The lowest BCUT2D eigenvalue weighted by atomic mass is 10.1. The summed E-state index contributed by atoms with van der Waals surface area (Å²) in [6, 6.07) is 0. The monoisotopic (exact) mass is 171 g/mol. The Bertz CT molecular complexity index is 139. The predicted octanol–water partition coefficient (Wildman–Crippen LogP) is 0.496. The summed E-state index contributed by atoms with van der Waals surface area (Å²) in [6.45, 7) is 4.47. The number of hydrogen-bond acceptors (Lipinski definition) is 3. The van der Waals surface area contributed by atoms with Crippen LogP contribution >= 0.6 is 0 Å². The number of piperidine rings is 1. The molecule has 2 aliphatic rings. The van der Waals surface area contributed by atoms with Gasteiger partial charge >= 0.3 is 0 Å². The average molecular weight is 171 g/mol. The summed E-state index contributed by atoms with van der Waals surface area (Å²) in [5.74, 6) is 0. The molecule has 2 fully saturated rings. The first-order valence-electron chi connectivity index (χ1n) is 4.75. The van der Waals surface area contributed by atoms with Crippen LogP contribution in [0.2, 0.25) is 0 Å². The maximum atomic E-state index is 5.30. The zero-order valence-electron chi connectivity index (χ0n) is 7.66. The first-order chi connectivity index (χ1) is 5.88. The van der Waals surface area contributed by atoms with E-state index >= 15 is 0 Å². The van der Waals surface area contributed by atoms with Gasteiger partial charge in [0.1, 0.15) is 0 Å². The second-order valence-corrected chi connectivity index (χ2v) is 3.69. The van der Waals surface area contributed by atoms with Gasteiger partial charge in [0.2, 0.25) is 0 Å². The highest BCUT2D eigenvalue weighted by atomic mass is 16.6. The van der Waals surface area contributed by atoms with Gasteiger partial charge in [0, 0.05) is 26.7 Å². The van der Waals surface area contributed by atoms with Gasteiger partial charge < -0.3 is 14.4 Å². The molecule has 70 valence electrons. The number of nitrogens with zero attached hydrogens (tertiary/aromatic N) is 1. The summed E-state index contributed by atoms with van der Waals surface area (Å²) in [5.41, 5.74) is 0. The average Bonchev–Trinajstić information content (AvgIpc) is 2.90. The second-order valence-electron chi connectivity index (χ2n) is 3.69. The highest BCUT2D eigenvalue weighted by Gasteiger charge is 2.27. The molecule has 1 atom stereocenters. The standard InChI is InChI=1S/C9H17NO2/c1-11-8-2-4-10(5-3-8)6-9-7-12-9/h8-9H,2-7H2,1H3/t9-/m1/s1. The first kappa shape index (κ1) is 8.48. The lowest BCUT2D eigenvalue weighted by Gasteiger charge is -2.30. The zero-order chi connectivity index (χ0) is 8.39. The summed E-state index contributed by atoms with van der Waals surface area (Å²) in [4.78, 5) is 2.48. The van der Waals surface area contributed by atoms with Crippen molar-refractivity contribution >= 4 is 0 Å². The molecule has 0 unspecified atom stereocenters.